The number of nitrogens with one attached hydrogen (secondary N) is 1. The van der Waals surface area contributed by atoms with Gasteiger partial charge in [0.1, 0.15) is 17.3 Å². The van der Waals surface area contributed by atoms with Crippen molar-refractivity contribution in [2.45, 2.75) is 19.7 Å². The molecule has 1 unspecified atom stereocenters. The van der Waals surface area contributed by atoms with Gasteiger partial charge in [-0.1, -0.05) is 12.1 Å². The molecule has 0 saturated carbocycles. The van der Waals surface area contributed by atoms with Gasteiger partial charge in [-0.05, 0) is 67.1 Å². The second-order valence-electron chi connectivity index (χ2n) is 6.85. The molecule has 152 valence electrons. The summed E-state index contributed by atoms with van der Waals surface area (Å²) in [6, 6.07) is 19.1. The van der Waals surface area contributed by atoms with E-state index in [0.29, 0.717) is 11.4 Å². The molecule has 2 aromatic heterocycles. The quantitative estimate of drug-likeness (QED) is 0.498. The predicted octanol–water partition coefficient (Wildman–Crippen LogP) is 4.34. The van der Waals surface area contributed by atoms with Gasteiger partial charge in [0.05, 0.1) is 6.04 Å². The minimum atomic E-state index is -0.326. The van der Waals surface area contributed by atoms with Gasteiger partial charge in [0.15, 0.2) is 6.73 Å². The molecule has 0 radical (unpaired) electrons. The van der Waals surface area contributed by atoms with Crippen molar-refractivity contribution >= 4 is 5.91 Å². The highest BCUT2D eigenvalue weighted by Gasteiger charge is 2.14. The van der Waals surface area contributed by atoms with Gasteiger partial charge < -0.3 is 14.6 Å². The van der Waals surface area contributed by atoms with Gasteiger partial charge in [0.2, 0.25) is 0 Å². The fourth-order valence-corrected chi connectivity index (χ4v) is 3.04. The van der Waals surface area contributed by atoms with E-state index in [1.54, 1.807) is 12.3 Å². The van der Waals surface area contributed by atoms with Crippen molar-refractivity contribution < 1.29 is 13.9 Å². The average molecular weight is 404 g/mol. The number of aromatic nitrogens is 3. The van der Waals surface area contributed by atoms with Gasteiger partial charge in [-0.25, -0.2) is 9.07 Å². The van der Waals surface area contributed by atoms with Crippen LogP contribution in [0.3, 0.4) is 0 Å². The molecule has 0 bridgehead atoms. The molecular weight excluding hydrogens is 383 g/mol. The zero-order chi connectivity index (χ0) is 20.9. The number of halogens is 1. The van der Waals surface area contributed by atoms with Crippen LogP contribution in [0, 0.1) is 5.82 Å². The first-order valence-corrected chi connectivity index (χ1v) is 9.54. The van der Waals surface area contributed by atoms with Gasteiger partial charge in [-0.3, -0.25) is 4.79 Å². The maximum atomic E-state index is 12.9. The lowest BCUT2D eigenvalue weighted by Crippen LogP contribution is -2.27. The zero-order valence-corrected chi connectivity index (χ0v) is 16.4. The lowest BCUT2D eigenvalue weighted by atomic mass is 10.1. The Kier molecular flexibility index (Phi) is 5.61. The molecule has 1 atom stereocenters. The van der Waals surface area contributed by atoms with Crippen LogP contribution >= 0.6 is 0 Å². The fraction of sp³-hybridized carbons (Fsp3) is 0.130. The van der Waals surface area contributed by atoms with Crippen molar-refractivity contribution in [2.75, 3.05) is 0 Å². The van der Waals surface area contributed by atoms with Crippen molar-refractivity contribution in [1.29, 1.82) is 0 Å². The monoisotopic (exact) mass is 404 g/mol. The minimum Gasteiger partial charge on any atom is -0.471 e. The second-order valence-corrected chi connectivity index (χ2v) is 6.85. The largest absolute Gasteiger partial charge is 0.471 e. The van der Waals surface area contributed by atoms with Crippen molar-refractivity contribution in [3.63, 3.8) is 0 Å². The summed E-state index contributed by atoms with van der Waals surface area (Å²) >= 11 is 0. The Morgan fingerprint density at radius 2 is 1.83 bits per heavy atom. The number of ether oxygens (including phenoxy) is 1. The first-order valence-electron chi connectivity index (χ1n) is 9.54. The van der Waals surface area contributed by atoms with Crippen LogP contribution in [0.1, 0.15) is 29.0 Å². The average Bonchev–Trinajstić information content (AvgIpc) is 3.46. The van der Waals surface area contributed by atoms with Crippen molar-refractivity contribution in [1.82, 2.24) is 19.7 Å². The van der Waals surface area contributed by atoms with Gasteiger partial charge >= 0.3 is 0 Å². The minimum absolute atomic E-state index is 0.118. The molecule has 0 aliphatic carbocycles. The Morgan fingerprint density at radius 3 is 2.60 bits per heavy atom. The highest BCUT2D eigenvalue weighted by molar-refractivity contribution is 5.92. The highest BCUT2D eigenvalue weighted by atomic mass is 19.1. The molecule has 4 rings (SSSR count). The molecule has 0 saturated heterocycles. The van der Waals surface area contributed by atoms with E-state index >= 15 is 0 Å². The Labute approximate surface area is 173 Å². The topological polar surface area (TPSA) is 61.1 Å². The SMILES string of the molecule is CC(NC(=O)c1ccn(COc2ccc(F)cc2)n1)c1cccc(-n2cccc2)c1. The third-order valence-electron chi connectivity index (χ3n) is 4.67. The second kappa shape index (κ2) is 8.65. The Hall–Kier alpha value is -3.87. The van der Waals surface area contributed by atoms with Crippen LogP contribution in [-0.2, 0) is 6.73 Å². The maximum Gasteiger partial charge on any atom is 0.272 e. The van der Waals surface area contributed by atoms with Crippen LogP contribution < -0.4 is 10.1 Å². The normalized spacial score (nSPS) is 11.8. The lowest BCUT2D eigenvalue weighted by Gasteiger charge is -2.15. The molecule has 0 aliphatic rings. The first-order chi connectivity index (χ1) is 14.6. The third kappa shape index (κ3) is 4.57. The number of hydrogen-bond donors (Lipinski definition) is 1. The number of nitrogens with zero attached hydrogens (tertiary/aromatic N) is 3. The number of carbonyl (C=O) groups is 1. The summed E-state index contributed by atoms with van der Waals surface area (Å²) < 4.78 is 22.0. The molecule has 1 N–H and O–H groups in total. The number of carbonyl (C=O) groups excluding carboxylic acids is 1. The van der Waals surface area contributed by atoms with E-state index in [1.165, 1.54) is 28.9 Å². The van der Waals surface area contributed by atoms with Crippen LogP contribution in [0.2, 0.25) is 0 Å². The highest BCUT2D eigenvalue weighted by Crippen LogP contribution is 2.18. The van der Waals surface area contributed by atoms with Gasteiger partial charge in [0.25, 0.3) is 5.91 Å². The summed E-state index contributed by atoms with van der Waals surface area (Å²) in [6.45, 7) is 2.05. The molecule has 0 aliphatic heterocycles. The number of rotatable bonds is 7. The van der Waals surface area contributed by atoms with Crippen LogP contribution in [0.5, 0.6) is 5.75 Å². The summed E-state index contributed by atoms with van der Waals surface area (Å²) in [5.41, 5.74) is 2.32. The molecule has 4 aromatic rings. The molecule has 2 heterocycles. The van der Waals surface area contributed by atoms with E-state index < -0.39 is 0 Å². The summed E-state index contributed by atoms with van der Waals surface area (Å²) in [6.07, 6.45) is 5.61. The Morgan fingerprint density at radius 1 is 1.07 bits per heavy atom. The Bertz CT molecular complexity index is 1120. The molecule has 0 fully saturated rings. The van der Waals surface area contributed by atoms with Crippen LogP contribution in [0.25, 0.3) is 5.69 Å². The summed E-state index contributed by atoms with van der Waals surface area (Å²) in [5.74, 6) is -0.0723. The fourth-order valence-electron chi connectivity index (χ4n) is 3.04. The van der Waals surface area contributed by atoms with E-state index in [2.05, 4.69) is 10.4 Å². The van der Waals surface area contributed by atoms with E-state index in [9.17, 15) is 9.18 Å². The molecule has 1 amide bonds. The van der Waals surface area contributed by atoms with Crippen LogP contribution in [0.4, 0.5) is 4.39 Å². The lowest BCUT2D eigenvalue weighted by molar-refractivity contribution is 0.0932. The van der Waals surface area contributed by atoms with Crippen molar-refractivity contribution in [3.05, 3.63) is 102 Å². The van der Waals surface area contributed by atoms with E-state index in [0.717, 1.165) is 11.3 Å². The number of benzene rings is 2. The van der Waals surface area contributed by atoms with Crippen molar-refractivity contribution in [3.8, 4) is 11.4 Å². The smallest absolute Gasteiger partial charge is 0.272 e. The van der Waals surface area contributed by atoms with E-state index in [-0.39, 0.29) is 24.5 Å². The summed E-state index contributed by atoms with van der Waals surface area (Å²) in [4.78, 5) is 12.6. The predicted molar refractivity (Wildman–Crippen MR) is 111 cm³/mol. The van der Waals surface area contributed by atoms with Gasteiger partial charge in [-0.15, -0.1) is 0 Å². The molecule has 0 spiro atoms. The van der Waals surface area contributed by atoms with Gasteiger partial charge in [-0.2, -0.15) is 5.10 Å². The molecule has 6 nitrogen and oxygen atoms in total. The van der Waals surface area contributed by atoms with Gasteiger partial charge in [0, 0.05) is 24.3 Å². The number of amides is 1. The summed E-state index contributed by atoms with van der Waals surface area (Å²) in [5, 5.41) is 7.22. The van der Waals surface area contributed by atoms with Crippen LogP contribution in [-0.4, -0.2) is 20.3 Å². The zero-order valence-electron chi connectivity index (χ0n) is 16.4. The standard InChI is InChI=1S/C23H21FN4O2/c1-17(18-5-4-6-20(15-18)27-12-2-3-13-27)25-23(29)22-11-14-28(26-22)16-30-21-9-7-19(24)8-10-21/h2-15,17H,16H2,1H3,(H,25,29). The summed E-state index contributed by atoms with van der Waals surface area (Å²) in [7, 11) is 0. The Balaban J connectivity index is 1.37. The molecule has 2 aromatic carbocycles. The van der Waals surface area contributed by atoms with Crippen LogP contribution in [0.15, 0.2) is 85.3 Å². The maximum absolute atomic E-state index is 12.9. The number of hydrogen-bond acceptors (Lipinski definition) is 3. The first kappa shape index (κ1) is 19.4. The van der Waals surface area contributed by atoms with Crippen molar-refractivity contribution in [2.24, 2.45) is 0 Å². The van der Waals surface area contributed by atoms with E-state index in [1.807, 2.05) is 60.3 Å². The van der Waals surface area contributed by atoms with E-state index in [4.69, 9.17) is 4.74 Å². The molecule has 30 heavy (non-hydrogen) atoms. The third-order valence-corrected chi connectivity index (χ3v) is 4.67. The molecular formula is C23H21FN4O2. The molecule has 7 heteroatoms.